The molecule has 16 heavy (non-hydrogen) atoms. The van der Waals surface area contributed by atoms with Gasteiger partial charge in [0, 0.05) is 10.7 Å². The maximum absolute atomic E-state index is 13.3. The predicted octanol–water partition coefficient (Wildman–Crippen LogP) is 1.43. The molecule has 0 aliphatic heterocycles. The number of quaternary nitrogens is 1. The van der Waals surface area contributed by atoms with Crippen molar-refractivity contribution in [2.24, 2.45) is 0 Å². The van der Waals surface area contributed by atoms with Crippen LogP contribution in [0.2, 0.25) is 0 Å². The number of hydrogen-bond donors (Lipinski definition) is 1. The van der Waals surface area contributed by atoms with Crippen LogP contribution in [0.15, 0.2) is 10.3 Å². The van der Waals surface area contributed by atoms with E-state index in [1.165, 1.54) is 25.3 Å². The van der Waals surface area contributed by atoms with Gasteiger partial charge in [-0.05, 0) is 25.3 Å². The highest BCUT2D eigenvalue weighted by atomic mass is 35.7. The van der Waals surface area contributed by atoms with Crippen LogP contribution in [0.3, 0.4) is 0 Å². The topological polar surface area (TPSA) is 50.8 Å². The molecule has 1 fully saturated rings. The molecule has 0 bridgehead atoms. The van der Waals surface area contributed by atoms with Crippen LogP contribution in [0, 0.1) is 5.82 Å². The first-order valence-electron chi connectivity index (χ1n) is 5.03. The fourth-order valence-corrected chi connectivity index (χ4v) is 3.87. The van der Waals surface area contributed by atoms with Gasteiger partial charge in [0.25, 0.3) is 9.05 Å². The Morgan fingerprint density at radius 3 is 2.69 bits per heavy atom. The first-order chi connectivity index (χ1) is 7.47. The first kappa shape index (κ1) is 12.3. The average molecular weight is 285 g/mol. The summed E-state index contributed by atoms with van der Waals surface area (Å²) in [6.45, 7) is 0.624. The molecule has 90 valence electrons. The van der Waals surface area contributed by atoms with Gasteiger partial charge in [0.05, 0.1) is 10.9 Å². The van der Waals surface area contributed by atoms with Gasteiger partial charge in [0.2, 0.25) is 0 Å². The number of thiophene rings is 1. The molecule has 7 heteroatoms. The van der Waals surface area contributed by atoms with Crippen LogP contribution in [-0.2, 0) is 15.6 Å². The number of halogens is 2. The zero-order valence-corrected chi connectivity index (χ0v) is 10.8. The monoisotopic (exact) mass is 284 g/mol. The summed E-state index contributed by atoms with van der Waals surface area (Å²) in [5.41, 5.74) is 0. The minimum absolute atomic E-state index is 0.369. The van der Waals surface area contributed by atoms with Gasteiger partial charge >= 0.3 is 0 Å². The molecule has 1 heterocycles. The molecule has 1 saturated carbocycles. The van der Waals surface area contributed by atoms with Gasteiger partial charge in [-0.25, -0.2) is 12.8 Å². The van der Waals surface area contributed by atoms with Crippen molar-refractivity contribution in [1.82, 2.24) is 0 Å². The molecule has 1 aromatic rings. The SMILES string of the molecule is O=S(=O)(Cl)c1sc(C[NH2+]C2CCC2)cc1F. The molecule has 2 N–H and O–H groups in total. The maximum Gasteiger partial charge on any atom is 0.273 e. The summed E-state index contributed by atoms with van der Waals surface area (Å²) in [7, 11) is 1.17. The summed E-state index contributed by atoms with van der Waals surface area (Å²) >= 11 is 0.917. The van der Waals surface area contributed by atoms with E-state index < -0.39 is 14.9 Å². The van der Waals surface area contributed by atoms with Gasteiger partial charge in [0.15, 0.2) is 10.0 Å². The zero-order valence-electron chi connectivity index (χ0n) is 8.45. The Morgan fingerprint density at radius 2 is 2.25 bits per heavy atom. The van der Waals surface area contributed by atoms with Crippen molar-refractivity contribution < 1.29 is 18.1 Å². The number of hydrogen-bond acceptors (Lipinski definition) is 3. The number of rotatable bonds is 4. The Kier molecular flexibility index (Phi) is 3.53. The molecule has 0 amide bonds. The molecule has 0 saturated heterocycles. The minimum atomic E-state index is -3.94. The molecule has 0 spiro atoms. The van der Waals surface area contributed by atoms with Gasteiger partial charge < -0.3 is 5.32 Å². The van der Waals surface area contributed by atoms with Gasteiger partial charge in [-0.3, -0.25) is 0 Å². The summed E-state index contributed by atoms with van der Waals surface area (Å²) in [6, 6.07) is 1.87. The zero-order chi connectivity index (χ0) is 11.8. The highest BCUT2D eigenvalue weighted by molar-refractivity contribution is 8.15. The van der Waals surface area contributed by atoms with Gasteiger partial charge in [-0.2, -0.15) is 0 Å². The van der Waals surface area contributed by atoms with E-state index in [4.69, 9.17) is 10.7 Å². The van der Waals surface area contributed by atoms with E-state index in [0.717, 1.165) is 11.3 Å². The minimum Gasteiger partial charge on any atom is -0.339 e. The molecule has 1 aromatic heterocycles. The van der Waals surface area contributed by atoms with E-state index in [1.54, 1.807) is 0 Å². The average Bonchev–Trinajstić information content (AvgIpc) is 2.43. The summed E-state index contributed by atoms with van der Waals surface area (Å²) in [5, 5.41) is 2.12. The Labute approximate surface area is 102 Å². The highest BCUT2D eigenvalue weighted by Gasteiger charge is 2.23. The fourth-order valence-electron chi connectivity index (χ4n) is 1.62. The molecule has 3 nitrogen and oxygen atoms in total. The van der Waals surface area contributed by atoms with E-state index in [9.17, 15) is 12.8 Å². The molecule has 0 aromatic carbocycles. The summed E-state index contributed by atoms with van der Waals surface area (Å²) in [4.78, 5) is 0.712. The quantitative estimate of drug-likeness (QED) is 0.851. The van der Waals surface area contributed by atoms with Crippen molar-refractivity contribution >= 4 is 31.1 Å². The van der Waals surface area contributed by atoms with E-state index in [1.807, 2.05) is 0 Å². The number of nitrogens with two attached hydrogens (primary N) is 1. The third-order valence-electron chi connectivity index (χ3n) is 2.73. The normalized spacial score (nSPS) is 17.4. The molecule has 2 rings (SSSR count). The third kappa shape index (κ3) is 2.74. The van der Waals surface area contributed by atoms with E-state index in [-0.39, 0.29) is 4.21 Å². The van der Waals surface area contributed by atoms with E-state index >= 15 is 0 Å². The lowest BCUT2D eigenvalue weighted by Crippen LogP contribution is -2.90. The van der Waals surface area contributed by atoms with Crippen LogP contribution < -0.4 is 5.32 Å². The van der Waals surface area contributed by atoms with Gasteiger partial charge in [-0.1, -0.05) is 0 Å². The molecule has 1 aliphatic rings. The van der Waals surface area contributed by atoms with Crippen LogP contribution in [0.5, 0.6) is 0 Å². The predicted molar refractivity (Wildman–Crippen MR) is 60.6 cm³/mol. The second-order valence-electron chi connectivity index (χ2n) is 3.92. The van der Waals surface area contributed by atoms with E-state index in [2.05, 4.69) is 5.32 Å². The lowest BCUT2D eigenvalue weighted by Gasteiger charge is -2.22. The lowest BCUT2D eigenvalue weighted by molar-refractivity contribution is -0.713. The molecule has 0 atom stereocenters. The lowest BCUT2D eigenvalue weighted by atomic mass is 9.93. The molecule has 1 aliphatic carbocycles. The Hall–Kier alpha value is -0.170. The van der Waals surface area contributed by atoms with Crippen LogP contribution in [0.25, 0.3) is 0 Å². The first-order valence-corrected chi connectivity index (χ1v) is 8.15. The standard InChI is InChI=1S/C9H11ClFNO2S2/c10-16(13,14)9-8(11)4-7(15-9)5-12-6-2-1-3-6/h4,6,12H,1-3,5H2/p+1. The second-order valence-corrected chi connectivity index (χ2v) is 7.81. The summed E-state index contributed by atoms with van der Waals surface area (Å²) < 4.78 is 34.9. The molecular weight excluding hydrogens is 273 g/mol. The highest BCUT2D eigenvalue weighted by Crippen LogP contribution is 2.28. The van der Waals surface area contributed by atoms with Crippen molar-refractivity contribution in [2.45, 2.75) is 36.1 Å². The van der Waals surface area contributed by atoms with Gasteiger partial charge in [-0.15, -0.1) is 11.3 Å². The molecule has 0 unspecified atom stereocenters. The van der Waals surface area contributed by atoms with Crippen molar-refractivity contribution in [3.05, 3.63) is 16.8 Å². The van der Waals surface area contributed by atoms with Crippen LogP contribution in [0.1, 0.15) is 24.1 Å². The van der Waals surface area contributed by atoms with Crippen molar-refractivity contribution in [1.29, 1.82) is 0 Å². The molecule has 0 radical (unpaired) electrons. The Bertz CT molecular complexity index is 482. The van der Waals surface area contributed by atoms with Crippen LogP contribution in [0.4, 0.5) is 4.39 Å². The smallest absolute Gasteiger partial charge is 0.273 e. The molecular formula is C9H12ClFNO2S2+. The third-order valence-corrected chi connectivity index (χ3v) is 5.94. The maximum atomic E-state index is 13.3. The van der Waals surface area contributed by atoms with Crippen LogP contribution in [-0.4, -0.2) is 14.5 Å². The summed E-state index contributed by atoms with van der Waals surface area (Å²) in [6.07, 6.45) is 3.63. The second kappa shape index (κ2) is 4.60. The van der Waals surface area contributed by atoms with Crippen molar-refractivity contribution in [3.63, 3.8) is 0 Å². The fraction of sp³-hybridized carbons (Fsp3) is 0.556. The van der Waals surface area contributed by atoms with Gasteiger partial charge in [0.1, 0.15) is 6.54 Å². The Balaban J connectivity index is 2.05. The summed E-state index contributed by atoms with van der Waals surface area (Å²) in [5.74, 6) is -0.739. The largest absolute Gasteiger partial charge is 0.339 e. The van der Waals surface area contributed by atoms with E-state index in [0.29, 0.717) is 17.5 Å². The van der Waals surface area contributed by atoms with Crippen molar-refractivity contribution in [3.8, 4) is 0 Å². The van der Waals surface area contributed by atoms with Crippen molar-refractivity contribution in [2.75, 3.05) is 0 Å². The Morgan fingerprint density at radius 1 is 1.56 bits per heavy atom. The van der Waals surface area contributed by atoms with Crippen LogP contribution >= 0.6 is 22.0 Å².